The number of anilines is 3. The van der Waals surface area contributed by atoms with E-state index >= 15 is 0 Å². The average molecular weight is 500 g/mol. The number of benzene rings is 1. The van der Waals surface area contributed by atoms with E-state index in [-0.39, 0.29) is 23.8 Å². The molecule has 0 saturated carbocycles. The normalized spacial score (nSPS) is 14.4. The van der Waals surface area contributed by atoms with E-state index in [0.29, 0.717) is 22.8 Å². The Labute approximate surface area is 208 Å². The third-order valence-electron chi connectivity index (χ3n) is 6.30. The Hall–Kier alpha value is -3.37. The van der Waals surface area contributed by atoms with Gasteiger partial charge in [0.25, 0.3) is 11.5 Å². The van der Waals surface area contributed by atoms with E-state index < -0.39 is 0 Å². The number of rotatable bonds is 7. The first kappa shape index (κ1) is 24.7. The van der Waals surface area contributed by atoms with Crippen LogP contribution in [0.4, 0.5) is 17.5 Å². The Morgan fingerprint density at radius 3 is 2.69 bits per heavy atom. The molecule has 186 valence electrons. The summed E-state index contributed by atoms with van der Waals surface area (Å²) in [5.41, 5.74) is 1.15. The molecule has 10 nitrogen and oxygen atoms in total. The molecule has 0 bridgehead atoms. The Morgan fingerprint density at radius 1 is 1.26 bits per heavy atom. The molecule has 3 heterocycles. The molecule has 0 radical (unpaired) electrons. The van der Waals surface area contributed by atoms with Crippen LogP contribution in [0.15, 0.2) is 35.3 Å². The first-order chi connectivity index (χ1) is 16.8. The smallest absolute Gasteiger partial charge is 0.293 e. The summed E-state index contributed by atoms with van der Waals surface area (Å²) >= 11 is 6.41. The van der Waals surface area contributed by atoms with Gasteiger partial charge in [-0.15, -0.1) is 0 Å². The number of nitrogens with one attached hydrogen (secondary N) is 2. The number of aromatic nitrogens is 3. The zero-order chi connectivity index (χ0) is 25.1. The van der Waals surface area contributed by atoms with Crippen molar-refractivity contribution in [3.8, 4) is 5.75 Å². The van der Waals surface area contributed by atoms with Crippen LogP contribution in [0, 0.1) is 0 Å². The fourth-order valence-corrected chi connectivity index (χ4v) is 4.30. The van der Waals surface area contributed by atoms with Crippen LogP contribution in [0.3, 0.4) is 0 Å². The van der Waals surface area contributed by atoms with Gasteiger partial charge < -0.3 is 29.7 Å². The molecular formula is C24H30ClN7O3. The number of carbonyl (C=O) groups is 1. The van der Waals surface area contributed by atoms with Crippen molar-refractivity contribution in [3.05, 3.63) is 45.8 Å². The summed E-state index contributed by atoms with van der Waals surface area (Å²) in [4.78, 5) is 37.7. The van der Waals surface area contributed by atoms with Gasteiger partial charge in [0.1, 0.15) is 5.02 Å². The van der Waals surface area contributed by atoms with Gasteiger partial charge in [-0.25, -0.2) is 4.98 Å². The van der Waals surface area contributed by atoms with E-state index in [0.717, 1.165) is 42.5 Å². The van der Waals surface area contributed by atoms with Gasteiger partial charge in [0.05, 0.1) is 11.7 Å². The Bertz CT molecular complexity index is 1290. The SMILES string of the molecule is CNC(=O)COc1cc2cc(Nc3nc(N4CCC(N(C)C)CC4)ncc3Cl)ccc2n(C)c1=O. The van der Waals surface area contributed by atoms with E-state index in [1.54, 1.807) is 19.3 Å². The highest BCUT2D eigenvalue weighted by Gasteiger charge is 2.23. The molecule has 35 heavy (non-hydrogen) atoms. The molecule has 1 aliphatic heterocycles. The molecule has 0 spiro atoms. The average Bonchev–Trinajstić information content (AvgIpc) is 2.86. The lowest BCUT2D eigenvalue weighted by molar-refractivity contribution is -0.122. The third kappa shape index (κ3) is 5.49. The summed E-state index contributed by atoms with van der Waals surface area (Å²) in [5.74, 6) is 0.931. The van der Waals surface area contributed by atoms with Crippen LogP contribution in [0.25, 0.3) is 10.9 Å². The highest BCUT2D eigenvalue weighted by atomic mass is 35.5. The number of ether oxygens (including phenoxy) is 1. The number of likely N-dealkylation sites (N-methyl/N-ethyl adjacent to an activating group) is 1. The first-order valence-corrected chi connectivity index (χ1v) is 11.8. The van der Waals surface area contributed by atoms with Gasteiger partial charge in [0.2, 0.25) is 5.95 Å². The number of carbonyl (C=O) groups excluding carboxylic acids is 1. The van der Waals surface area contributed by atoms with Crippen LogP contribution in [-0.2, 0) is 11.8 Å². The lowest BCUT2D eigenvalue weighted by atomic mass is 10.0. The molecule has 1 aromatic carbocycles. The summed E-state index contributed by atoms with van der Waals surface area (Å²) in [6.45, 7) is 1.53. The first-order valence-electron chi connectivity index (χ1n) is 11.4. The maximum Gasteiger partial charge on any atom is 0.293 e. The quantitative estimate of drug-likeness (QED) is 0.510. The van der Waals surface area contributed by atoms with Crippen LogP contribution in [0.1, 0.15) is 12.8 Å². The summed E-state index contributed by atoms with van der Waals surface area (Å²) < 4.78 is 6.94. The molecule has 4 rings (SSSR count). The van der Waals surface area contributed by atoms with Gasteiger partial charge in [-0.2, -0.15) is 4.98 Å². The van der Waals surface area contributed by atoms with Gasteiger partial charge in [0, 0.05) is 44.3 Å². The molecule has 0 aliphatic carbocycles. The topological polar surface area (TPSA) is 105 Å². The van der Waals surface area contributed by atoms with Crippen LogP contribution in [-0.4, -0.2) is 72.2 Å². The molecule has 3 aromatic rings. The van der Waals surface area contributed by atoms with E-state index in [9.17, 15) is 9.59 Å². The molecule has 2 N–H and O–H groups in total. The number of pyridine rings is 1. The Kier molecular flexibility index (Phi) is 7.42. The lowest BCUT2D eigenvalue weighted by Crippen LogP contribution is -2.42. The largest absolute Gasteiger partial charge is 0.478 e. The highest BCUT2D eigenvalue weighted by molar-refractivity contribution is 6.32. The van der Waals surface area contributed by atoms with Crippen molar-refractivity contribution in [2.24, 2.45) is 7.05 Å². The van der Waals surface area contributed by atoms with Crippen molar-refractivity contribution in [1.29, 1.82) is 0 Å². The number of hydrogen-bond acceptors (Lipinski definition) is 8. The number of amides is 1. The molecule has 1 amide bonds. The van der Waals surface area contributed by atoms with Crippen molar-refractivity contribution in [2.45, 2.75) is 18.9 Å². The Balaban J connectivity index is 1.57. The molecule has 11 heteroatoms. The summed E-state index contributed by atoms with van der Waals surface area (Å²) in [5, 5.41) is 6.92. The van der Waals surface area contributed by atoms with E-state index in [4.69, 9.17) is 16.3 Å². The van der Waals surface area contributed by atoms with Crippen molar-refractivity contribution < 1.29 is 9.53 Å². The number of nitrogens with zero attached hydrogens (tertiary/aromatic N) is 5. The third-order valence-corrected chi connectivity index (χ3v) is 6.58. The minimum atomic E-state index is -0.317. The second kappa shape index (κ2) is 10.5. The number of aryl methyl sites for hydroxylation is 1. The number of halogens is 1. The summed E-state index contributed by atoms with van der Waals surface area (Å²) in [6, 6.07) is 7.77. The monoisotopic (exact) mass is 499 g/mol. The van der Waals surface area contributed by atoms with Gasteiger partial charge in [0.15, 0.2) is 18.2 Å². The molecule has 0 atom stereocenters. The number of fused-ring (bicyclic) bond motifs is 1. The predicted octanol–water partition coefficient (Wildman–Crippen LogP) is 2.38. The lowest BCUT2D eigenvalue weighted by Gasteiger charge is -2.35. The fraction of sp³-hybridized carbons (Fsp3) is 0.417. The zero-order valence-electron chi connectivity index (χ0n) is 20.3. The standard InChI is InChI=1S/C24H30ClN7O3/c1-26-21(33)14-35-20-12-15-11-16(5-6-19(15)31(4)23(20)34)28-22-18(25)13-27-24(29-22)32-9-7-17(8-10-32)30(2)3/h5-6,11-13,17H,7-10,14H2,1-4H3,(H,26,33)(H,27,28,29). The van der Waals surface area contributed by atoms with E-state index in [1.165, 1.54) is 11.6 Å². The van der Waals surface area contributed by atoms with Crippen molar-refractivity contribution in [2.75, 3.05) is 51.1 Å². The summed E-state index contributed by atoms with van der Waals surface area (Å²) in [7, 11) is 7.40. The Morgan fingerprint density at radius 2 is 2.00 bits per heavy atom. The fourth-order valence-electron chi connectivity index (χ4n) is 4.17. The molecule has 1 saturated heterocycles. The van der Waals surface area contributed by atoms with Crippen LogP contribution >= 0.6 is 11.6 Å². The molecule has 2 aromatic heterocycles. The van der Waals surface area contributed by atoms with E-state index in [1.807, 2.05) is 18.2 Å². The molecular weight excluding hydrogens is 470 g/mol. The maximum absolute atomic E-state index is 12.6. The molecule has 0 unspecified atom stereocenters. The number of hydrogen-bond donors (Lipinski definition) is 2. The molecule has 1 fully saturated rings. The predicted molar refractivity (Wildman–Crippen MR) is 138 cm³/mol. The van der Waals surface area contributed by atoms with Gasteiger partial charge >= 0.3 is 0 Å². The summed E-state index contributed by atoms with van der Waals surface area (Å²) in [6.07, 6.45) is 3.71. The van der Waals surface area contributed by atoms with Crippen LogP contribution in [0.2, 0.25) is 5.02 Å². The minimum Gasteiger partial charge on any atom is -0.478 e. The zero-order valence-corrected chi connectivity index (χ0v) is 21.1. The van der Waals surface area contributed by atoms with Crippen LogP contribution in [0.5, 0.6) is 5.75 Å². The van der Waals surface area contributed by atoms with Crippen molar-refractivity contribution >= 4 is 45.9 Å². The highest BCUT2D eigenvalue weighted by Crippen LogP contribution is 2.28. The maximum atomic E-state index is 12.6. The van der Waals surface area contributed by atoms with Gasteiger partial charge in [-0.05, 0) is 51.2 Å². The second-order valence-corrected chi connectivity index (χ2v) is 9.19. The van der Waals surface area contributed by atoms with Gasteiger partial charge in [-0.1, -0.05) is 11.6 Å². The second-order valence-electron chi connectivity index (χ2n) is 8.78. The van der Waals surface area contributed by atoms with Crippen LogP contribution < -0.4 is 25.8 Å². The molecule has 1 aliphatic rings. The van der Waals surface area contributed by atoms with Gasteiger partial charge in [-0.3, -0.25) is 9.59 Å². The minimum absolute atomic E-state index is 0.101. The number of piperidine rings is 1. The van der Waals surface area contributed by atoms with Crippen molar-refractivity contribution in [3.63, 3.8) is 0 Å². The van der Waals surface area contributed by atoms with Crippen molar-refractivity contribution in [1.82, 2.24) is 24.8 Å². The van der Waals surface area contributed by atoms with E-state index in [2.05, 4.69) is 44.5 Å².